The highest BCUT2D eigenvalue weighted by Gasteiger charge is 2.33. The van der Waals surface area contributed by atoms with Crippen LogP contribution in [-0.2, 0) is 16.1 Å². The van der Waals surface area contributed by atoms with Crippen molar-refractivity contribution in [3.05, 3.63) is 42.5 Å². The number of benzene rings is 1. The third kappa shape index (κ3) is 3.84. The number of amides is 2. The van der Waals surface area contributed by atoms with E-state index in [9.17, 15) is 9.59 Å². The standard InChI is InChI=1S/C16H20N2O3/c1-3-8-17-16(20)13-9-15(19)18(11-13)10-12-4-6-14(21-2)7-5-12/h3-7,13H,1,8-11H2,2H3,(H,17,20)/t13-/m0/s1. The maximum atomic E-state index is 12.0. The van der Waals surface area contributed by atoms with Crippen LogP contribution < -0.4 is 10.1 Å². The molecule has 0 bridgehead atoms. The highest BCUT2D eigenvalue weighted by atomic mass is 16.5. The summed E-state index contributed by atoms with van der Waals surface area (Å²) in [5.74, 6) is 0.453. The number of hydrogen-bond acceptors (Lipinski definition) is 3. The van der Waals surface area contributed by atoms with Gasteiger partial charge in [-0.05, 0) is 17.7 Å². The second-order valence-corrected chi connectivity index (χ2v) is 5.06. The molecule has 5 heteroatoms. The Morgan fingerprint density at radius 2 is 2.19 bits per heavy atom. The first-order valence-corrected chi connectivity index (χ1v) is 6.93. The molecule has 1 fully saturated rings. The van der Waals surface area contributed by atoms with Gasteiger partial charge < -0.3 is 15.0 Å². The smallest absolute Gasteiger partial charge is 0.225 e. The van der Waals surface area contributed by atoms with Crippen molar-refractivity contribution in [3.63, 3.8) is 0 Å². The van der Waals surface area contributed by atoms with Gasteiger partial charge in [-0.15, -0.1) is 6.58 Å². The average molecular weight is 288 g/mol. The predicted molar refractivity (Wildman–Crippen MR) is 79.7 cm³/mol. The molecule has 1 saturated heterocycles. The van der Waals surface area contributed by atoms with E-state index in [0.29, 0.717) is 19.6 Å². The van der Waals surface area contributed by atoms with Crippen molar-refractivity contribution in [1.29, 1.82) is 0 Å². The Kier molecular flexibility index (Phi) is 4.98. The van der Waals surface area contributed by atoms with Crippen LogP contribution in [-0.4, -0.2) is 36.9 Å². The fourth-order valence-electron chi connectivity index (χ4n) is 2.37. The molecule has 0 aromatic heterocycles. The van der Waals surface area contributed by atoms with E-state index < -0.39 is 0 Å². The number of carbonyl (C=O) groups excluding carboxylic acids is 2. The fraction of sp³-hybridized carbons (Fsp3) is 0.375. The SMILES string of the molecule is C=CCNC(=O)[C@H]1CC(=O)N(Cc2ccc(OC)cc2)C1. The lowest BCUT2D eigenvalue weighted by Crippen LogP contribution is -2.32. The van der Waals surface area contributed by atoms with Gasteiger partial charge in [0.1, 0.15) is 5.75 Å². The Morgan fingerprint density at radius 3 is 2.81 bits per heavy atom. The summed E-state index contributed by atoms with van der Waals surface area (Å²) >= 11 is 0. The van der Waals surface area contributed by atoms with Crippen molar-refractivity contribution in [2.75, 3.05) is 20.2 Å². The minimum Gasteiger partial charge on any atom is -0.497 e. The lowest BCUT2D eigenvalue weighted by molar-refractivity contribution is -0.129. The molecule has 0 radical (unpaired) electrons. The van der Waals surface area contributed by atoms with Crippen LogP contribution in [0.2, 0.25) is 0 Å². The van der Waals surface area contributed by atoms with Crippen LogP contribution >= 0.6 is 0 Å². The molecule has 1 N–H and O–H groups in total. The molecule has 1 aliphatic heterocycles. The molecule has 1 aliphatic rings. The van der Waals surface area contributed by atoms with Crippen LogP contribution in [0.25, 0.3) is 0 Å². The van der Waals surface area contributed by atoms with E-state index in [2.05, 4.69) is 11.9 Å². The van der Waals surface area contributed by atoms with E-state index in [4.69, 9.17) is 4.74 Å². The maximum Gasteiger partial charge on any atom is 0.225 e. The molecule has 1 heterocycles. The normalized spacial score (nSPS) is 17.7. The predicted octanol–water partition coefficient (Wildman–Crippen LogP) is 1.35. The summed E-state index contributed by atoms with van der Waals surface area (Å²) in [6, 6.07) is 7.59. The number of nitrogens with one attached hydrogen (secondary N) is 1. The number of rotatable bonds is 6. The summed E-state index contributed by atoms with van der Waals surface area (Å²) in [5.41, 5.74) is 1.02. The summed E-state index contributed by atoms with van der Waals surface area (Å²) in [4.78, 5) is 25.6. The Morgan fingerprint density at radius 1 is 1.48 bits per heavy atom. The van der Waals surface area contributed by atoms with Gasteiger partial charge >= 0.3 is 0 Å². The second-order valence-electron chi connectivity index (χ2n) is 5.06. The Bertz CT molecular complexity index is 525. The highest BCUT2D eigenvalue weighted by Crippen LogP contribution is 2.21. The number of ether oxygens (including phenoxy) is 1. The van der Waals surface area contributed by atoms with Crippen LogP contribution in [0.5, 0.6) is 5.75 Å². The topological polar surface area (TPSA) is 58.6 Å². The van der Waals surface area contributed by atoms with Gasteiger partial charge in [0.2, 0.25) is 11.8 Å². The third-order valence-corrected chi connectivity index (χ3v) is 3.54. The molecule has 21 heavy (non-hydrogen) atoms. The zero-order valence-corrected chi connectivity index (χ0v) is 12.2. The minimum absolute atomic E-state index is 0.0181. The Hall–Kier alpha value is -2.30. The molecular formula is C16H20N2O3. The van der Waals surface area contributed by atoms with E-state index in [1.54, 1.807) is 18.1 Å². The van der Waals surface area contributed by atoms with Crippen molar-refractivity contribution >= 4 is 11.8 Å². The molecule has 1 aromatic carbocycles. The number of hydrogen-bond donors (Lipinski definition) is 1. The van der Waals surface area contributed by atoms with Crippen molar-refractivity contribution < 1.29 is 14.3 Å². The molecular weight excluding hydrogens is 268 g/mol. The lowest BCUT2D eigenvalue weighted by Gasteiger charge is -2.16. The maximum absolute atomic E-state index is 12.0. The number of nitrogens with zero attached hydrogens (tertiary/aromatic N) is 1. The molecule has 5 nitrogen and oxygen atoms in total. The number of carbonyl (C=O) groups is 2. The number of likely N-dealkylation sites (tertiary alicyclic amines) is 1. The van der Waals surface area contributed by atoms with Gasteiger partial charge in [-0.25, -0.2) is 0 Å². The van der Waals surface area contributed by atoms with Gasteiger partial charge in [0.05, 0.1) is 13.0 Å². The van der Waals surface area contributed by atoms with Crippen molar-refractivity contribution in [2.45, 2.75) is 13.0 Å². The molecule has 0 aliphatic carbocycles. The Balaban J connectivity index is 1.93. The van der Waals surface area contributed by atoms with Gasteiger partial charge in [-0.1, -0.05) is 18.2 Å². The van der Waals surface area contributed by atoms with Crippen LogP contribution in [0.15, 0.2) is 36.9 Å². The van der Waals surface area contributed by atoms with E-state index in [0.717, 1.165) is 11.3 Å². The van der Waals surface area contributed by atoms with Gasteiger partial charge in [0, 0.05) is 26.1 Å². The first-order chi connectivity index (χ1) is 10.1. The zero-order chi connectivity index (χ0) is 15.2. The molecule has 112 valence electrons. The van der Waals surface area contributed by atoms with Gasteiger partial charge in [-0.2, -0.15) is 0 Å². The summed E-state index contributed by atoms with van der Waals surface area (Å²) in [7, 11) is 1.62. The van der Waals surface area contributed by atoms with Crippen LogP contribution in [0.3, 0.4) is 0 Å². The second kappa shape index (κ2) is 6.92. The van der Waals surface area contributed by atoms with E-state index >= 15 is 0 Å². The summed E-state index contributed by atoms with van der Waals surface area (Å²) in [6.45, 7) is 4.98. The zero-order valence-electron chi connectivity index (χ0n) is 12.2. The van der Waals surface area contributed by atoms with Crippen LogP contribution in [0.4, 0.5) is 0 Å². The van der Waals surface area contributed by atoms with Gasteiger partial charge in [-0.3, -0.25) is 9.59 Å². The largest absolute Gasteiger partial charge is 0.497 e. The van der Waals surface area contributed by atoms with Crippen LogP contribution in [0.1, 0.15) is 12.0 Å². The summed E-state index contributed by atoms with van der Waals surface area (Å²) in [5, 5.41) is 2.74. The Labute approximate surface area is 124 Å². The average Bonchev–Trinajstić information content (AvgIpc) is 2.87. The molecule has 2 amide bonds. The molecule has 0 spiro atoms. The van der Waals surface area contributed by atoms with E-state index in [1.807, 2.05) is 24.3 Å². The quantitative estimate of drug-likeness (QED) is 0.804. The van der Waals surface area contributed by atoms with Crippen LogP contribution in [0, 0.1) is 5.92 Å². The van der Waals surface area contributed by atoms with E-state index in [-0.39, 0.29) is 24.2 Å². The first-order valence-electron chi connectivity index (χ1n) is 6.93. The highest BCUT2D eigenvalue weighted by molar-refractivity contribution is 5.89. The monoisotopic (exact) mass is 288 g/mol. The summed E-state index contributed by atoms with van der Waals surface area (Å²) < 4.78 is 5.10. The summed E-state index contributed by atoms with van der Waals surface area (Å²) in [6.07, 6.45) is 1.91. The molecule has 0 saturated carbocycles. The fourth-order valence-corrected chi connectivity index (χ4v) is 2.37. The van der Waals surface area contributed by atoms with Crippen molar-refractivity contribution in [1.82, 2.24) is 10.2 Å². The van der Waals surface area contributed by atoms with Gasteiger partial charge in [0.25, 0.3) is 0 Å². The van der Waals surface area contributed by atoms with Crippen molar-refractivity contribution in [3.8, 4) is 5.75 Å². The molecule has 1 aromatic rings. The van der Waals surface area contributed by atoms with Gasteiger partial charge in [0.15, 0.2) is 0 Å². The molecule has 0 unspecified atom stereocenters. The minimum atomic E-state index is -0.268. The molecule has 2 rings (SSSR count). The van der Waals surface area contributed by atoms with E-state index in [1.165, 1.54) is 0 Å². The molecule has 1 atom stereocenters. The first kappa shape index (κ1) is 15.1. The number of methoxy groups -OCH3 is 1. The van der Waals surface area contributed by atoms with Crippen molar-refractivity contribution in [2.24, 2.45) is 5.92 Å². The lowest BCUT2D eigenvalue weighted by atomic mass is 10.1. The third-order valence-electron chi connectivity index (χ3n) is 3.54.